The highest BCUT2D eigenvalue weighted by atomic mass is 32.2. The van der Waals surface area contributed by atoms with Crippen LogP contribution in [-0.4, -0.2) is 13.4 Å². The summed E-state index contributed by atoms with van der Waals surface area (Å²) in [5.41, 5.74) is 1.18. The molecule has 0 atom stereocenters. The Morgan fingerprint density at radius 1 is 0.862 bits per heavy atom. The largest absolute Gasteiger partial charge is 0.236 e. The molecular formula is C22H12F2N2O2S. The summed E-state index contributed by atoms with van der Waals surface area (Å²) in [5, 5.41) is 9.14. The van der Waals surface area contributed by atoms with Crippen molar-refractivity contribution in [3.63, 3.8) is 0 Å². The van der Waals surface area contributed by atoms with Gasteiger partial charge < -0.3 is 0 Å². The van der Waals surface area contributed by atoms with Gasteiger partial charge in [-0.25, -0.2) is 22.2 Å². The molecule has 0 unspecified atom stereocenters. The number of benzene rings is 3. The van der Waals surface area contributed by atoms with Crippen LogP contribution in [0.2, 0.25) is 0 Å². The molecular weight excluding hydrogens is 394 g/mol. The topological polar surface area (TPSA) is 70.8 Å². The van der Waals surface area contributed by atoms with Crippen LogP contribution in [0.3, 0.4) is 0 Å². The summed E-state index contributed by atoms with van der Waals surface area (Å²) in [7, 11) is -4.06. The van der Waals surface area contributed by atoms with Gasteiger partial charge in [0, 0.05) is 5.39 Å². The van der Waals surface area contributed by atoms with E-state index in [1.54, 1.807) is 6.07 Å². The lowest BCUT2D eigenvalue weighted by atomic mass is 10.0. The van der Waals surface area contributed by atoms with Crippen molar-refractivity contribution in [2.24, 2.45) is 0 Å². The molecule has 0 bridgehead atoms. The maximum Gasteiger partial charge on any atom is 0.223 e. The first-order chi connectivity index (χ1) is 13.9. The number of hydrogen-bond donors (Lipinski definition) is 0. The smallest absolute Gasteiger partial charge is 0.223 e. The zero-order valence-electron chi connectivity index (χ0n) is 14.8. The van der Waals surface area contributed by atoms with Gasteiger partial charge in [-0.15, -0.1) is 0 Å². The fourth-order valence-electron chi connectivity index (χ4n) is 3.06. The maximum absolute atomic E-state index is 13.8. The van der Waals surface area contributed by atoms with Crippen LogP contribution >= 0.6 is 0 Å². The van der Waals surface area contributed by atoms with E-state index in [4.69, 9.17) is 5.26 Å². The Morgan fingerprint density at radius 2 is 1.62 bits per heavy atom. The van der Waals surface area contributed by atoms with E-state index in [1.807, 2.05) is 6.07 Å². The van der Waals surface area contributed by atoms with Crippen molar-refractivity contribution in [3.8, 4) is 17.2 Å². The summed E-state index contributed by atoms with van der Waals surface area (Å²) in [6, 6.07) is 18.2. The van der Waals surface area contributed by atoms with Crippen LogP contribution in [0.1, 0.15) is 5.56 Å². The molecule has 4 rings (SSSR count). The fraction of sp³-hybridized carbons (Fsp3) is 0. The molecule has 0 aliphatic heterocycles. The first-order valence-corrected chi connectivity index (χ1v) is 9.98. The lowest BCUT2D eigenvalue weighted by Crippen LogP contribution is -2.06. The van der Waals surface area contributed by atoms with Gasteiger partial charge in [0.2, 0.25) is 9.84 Å². The first-order valence-electron chi connectivity index (χ1n) is 8.50. The van der Waals surface area contributed by atoms with E-state index in [0.29, 0.717) is 16.5 Å². The molecule has 29 heavy (non-hydrogen) atoms. The molecule has 0 saturated carbocycles. The van der Waals surface area contributed by atoms with Crippen molar-refractivity contribution in [2.75, 3.05) is 0 Å². The number of aromatic nitrogens is 1. The van der Waals surface area contributed by atoms with Gasteiger partial charge in [-0.1, -0.05) is 18.2 Å². The van der Waals surface area contributed by atoms with Crippen LogP contribution in [0.4, 0.5) is 8.78 Å². The third-order valence-electron chi connectivity index (χ3n) is 4.43. The van der Waals surface area contributed by atoms with Gasteiger partial charge in [0.25, 0.3) is 0 Å². The number of nitrogens with zero attached hydrogens (tertiary/aromatic N) is 2. The number of nitriles is 1. The van der Waals surface area contributed by atoms with Gasteiger partial charge in [0.1, 0.15) is 11.6 Å². The fourth-order valence-corrected chi connectivity index (χ4v) is 4.33. The zero-order valence-corrected chi connectivity index (χ0v) is 15.6. The number of pyridine rings is 1. The van der Waals surface area contributed by atoms with E-state index in [2.05, 4.69) is 4.98 Å². The minimum Gasteiger partial charge on any atom is -0.236 e. The summed E-state index contributed by atoms with van der Waals surface area (Å²) in [6.45, 7) is 0. The Kier molecular flexibility index (Phi) is 4.57. The molecule has 0 spiro atoms. The molecule has 4 aromatic rings. The molecule has 3 aromatic carbocycles. The molecule has 1 heterocycles. The second kappa shape index (κ2) is 7.08. The van der Waals surface area contributed by atoms with E-state index in [-0.39, 0.29) is 21.0 Å². The highest BCUT2D eigenvalue weighted by Gasteiger charge is 2.22. The number of rotatable bonds is 3. The monoisotopic (exact) mass is 406 g/mol. The average molecular weight is 406 g/mol. The Hall–Kier alpha value is -3.63. The minimum atomic E-state index is -4.06. The Labute approximate surface area is 165 Å². The third-order valence-corrected chi connectivity index (χ3v) is 6.07. The lowest BCUT2D eigenvalue weighted by molar-refractivity contribution is 0.593. The van der Waals surface area contributed by atoms with Crippen LogP contribution < -0.4 is 0 Å². The molecule has 1 aromatic heterocycles. The first kappa shape index (κ1) is 18.7. The van der Waals surface area contributed by atoms with Gasteiger partial charge in [-0.3, -0.25) is 0 Å². The van der Waals surface area contributed by atoms with Gasteiger partial charge >= 0.3 is 0 Å². The molecule has 142 valence electrons. The van der Waals surface area contributed by atoms with Crippen LogP contribution in [0, 0.1) is 23.0 Å². The van der Waals surface area contributed by atoms with Crippen LogP contribution in [0.15, 0.2) is 82.7 Å². The Balaban J connectivity index is 2.01. The minimum absolute atomic E-state index is 0.0873. The summed E-state index contributed by atoms with van der Waals surface area (Å²) in [4.78, 5) is 4.11. The molecule has 0 fully saturated rings. The molecule has 7 heteroatoms. The van der Waals surface area contributed by atoms with Crippen LogP contribution in [0.5, 0.6) is 0 Å². The molecule has 0 saturated heterocycles. The highest BCUT2D eigenvalue weighted by molar-refractivity contribution is 7.91. The van der Waals surface area contributed by atoms with Crippen molar-refractivity contribution in [1.29, 1.82) is 5.26 Å². The van der Waals surface area contributed by atoms with Crippen molar-refractivity contribution in [2.45, 2.75) is 9.92 Å². The summed E-state index contributed by atoms with van der Waals surface area (Å²) in [6.07, 6.45) is 0. The van der Waals surface area contributed by atoms with E-state index in [0.717, 1.165) is 0 Å². The molecule has 4 nitrogen and oxygen atoms in total. The number of halogens is 2. The zero-order chi connectivity index (χ0) is 20.6. The highest BCUT2D eigenvalue weighted by Crippen LogP contribution is 2.32. The molecule has 0 aliphatic carbocycles. The van der Waals surface area contributed by atoms with E-state index in [9.17, 15) is 17.2 Å². The summed E-state index contributed by atoms with van der Waals surface area (Å²) >= 11 is 0. The molecule has 0 N–H and O–H groups in total. The normalized spacial score (nSPS) is 11.3. The second-order valence-electron chi connectivity index (χ2n) is 6.32. The molecule has 0 aliphatic rings. The Bertz CT molecular complexity index is 1410. The Morgan fingerprint density at radius 3 is 2.38 bits per heavy atom. The van der Waals surface area contributed by atoms with Crippen LogP contribution in [-0.2, 0) is 9.84 Å². The predicted molar refractivity (Wildman–Crippen MR) is 104 cm³/mol. The lowest BCUT2D eigenvalue weighted by Gasteiger charge is -2.11. The van der Waals surface area contributed by atoms with Crippen molar-refractivity contribution in [1.82, 2.24) is 4.98 Å². The quantitative estimate of drug-likeness (QED) is 0.486. The van der Waals surface area contributed by atoms with Gasteiger partial charge in [-0.05, 0) is 65.7 Å². The number of fused-ring (bicyclic) bond motifs is 1. The number of sulfone groups is 1. The standard InChI is InChI=1S/C22H12F2N2O2S/c23-16-5-2-4-15(10-16)19-12-22(26-21-8-7-17(24)11-20(19)21)29(27,28)18-6-1-3-14(9-18)13-25/h1-12H. The third kappa shape index (κ3) is 3.46. The van der Waals surface area contributed by atoms with Crippen molar-refractivity contribution in [3.05, 3.63) is 90.0 Å². The van der Waals surface area contributed by atoms with Gasteiger partial charge in [0.05, 0.1) is 22.0 Å². The molecule has 0 amide bonds. The SMILES string of the molecule is N#Cc1cccc(S(=O)(=O)c2cc(-c3cccc(F)c3)c3cc(F)ccc3n2)c1. The average Bonchev–Trinajstić information content (AvgIpc) is 2.73. The molecule has 0 radical (unpaired) electrons. The summed E-state index contributed by atoms with van der Waals surface area (Å²) < 4.78 is 53.9. The van der Waals surface area contributed by atoms with Crippen molar-refractivity contribution < 1.29 is 17.2 Å². The van der Waals surface area contributed by atoms with E-state index < -0.39 is 21.5 Å². The predicted octanol–water partition coefficient (Wildman–Crippen LogP) is 4.88. The van der Waals surface area contributed by atoms with Gasteiger partial charge in [0.15, 0.2) is 5.03 Å². The second-order valence-corrected chi connectivity index (χ2v) is 8.22. The van der Waals surface area contributed by atoms with E-state index in [1.165, 1.54) is 66.7 Å². The summed E-state index contributed by atoms with van der Waals surface area (Å²) in [5.74, 6) is -1.02. The van der Waals surface area contributed by atoms with Crippen molar-refractivity contribution >= 4 is 20.7 Å². The maximum atomic E-state index is 13.8. The number of hydrogen-bond acceptors (Lipinski definition) is 4. The van der Waals surface area contributed by atoms with E-state index >= 15 is 0 Å². The van der Waals surface area contributed by atoms with Gasteiger partial charge in [-0.2, -0.15) is 5.26 Å². The van der Waals surface area contributed by atoms with Crippen LogP contribution in [0.25, 0.3) is 22.0 Å².